The highest BCUT2D eigenvalue weighted by molar-refractivity contribution is 5.79. The Bertz CT molecular complexity index is 456. The van der Waals surface area contributed by atoms with Gasteiger partial charge in [-0.3, -0.25) is 4.79 Å². The summed E-state index contributed by atoms with van der Waals surface area (Å²) in [7, 11) is 0. The molecule has 1 saturated heterocycles. The fourth-order valence-electron chi connectivity index (χ4n) is 2.13. The van der Waals surface area contributed by atoms with E-state index >= 15 is 0 Å². The van der Waals surface area contributed by atoms with E-state index in [2.05, 4.69) is 6.58 Å². The average Bonchev–Trinajstić information content (AvgIpc) is 2.65. The highest BCUT2D eigenvalue weighted by atomic mass is 19.1. The summed E-state index contributed by atoms with van der Waals surface area (Å²) >= 11 is 0. The van der Waals surface area contributed by atoms with Crippen LogP contribution in [-0.2, 0) is 11.3 Å². The van der Waals surface area contributed by atoms with Crippen molar-refractivity contribution >= 4 is 5.91 Å². The first-order valence-electron chi connectivity index (χ1n) is 5.75. The van der Waals surface area contributed by atoms with E-state index in [1.807, 2.05) is 13.0 Å². The van der Waals surface area contributed by atoms with Gasteiger partial charge in [0, 0.05) is 25.4 Å². The molecule has 1 atom stereocenters. The van der Waals surface area contributed by atoms with Crippen LogP contribution in [0.25, 0.3) is 0 Å². The Kier molecular flexibility index (Phi) is 3.27. The summed E-state index contributed by atoms with van der Waals surface area (Å²) in [5.41, 5.74) is 1.89. The molecule has 90 valence electrons. The minimum atomic E-state index is -0.252. The first-order chi connectivity index (χ1) is 8.10. The third kappa shape index (κ3) is 2.54. The van der Waals surface area contributed by atoms with Gasteiger partial charge in [-0.05, 0) is 30.2 Å². The van der Waals surface area contributed by atoms with E-state index in [0.29, 0.717) is 19.5 Å². The van der Waals surface area contributed by atoms with Crippen molar-refractivity contribution < 1.29 is 9.18 Å². The number of likely N-dealkylation sites (tertiary alicyclic amines) is 1. The number of benzene rings is 1. The van der Waals surface area contributed by atoms with Gasteiger partial charge in [0.1, 0.15) is 5.82 Å². The monoisotopic (exact) mass is 233 g/mol. The molecule has 0 aliphatic carbocycles. The van der Waals surface area contributed by atoms with Crippen molar-refractivity contribution in [2.75, 3.05) is 6.54 Å². The maximum Gasteiger partial charge on any atom is 0.223 e. The number of rotatable bonds is 3. The minimum absolute atomic E-state index is 0.124. The Hall–Kier alpha value is -1.64. The van der Waals surface area contributed by atoms with Crippen LogP contribution >= 0.6 is 0 Å². The van der Waals surface area contributed by atoms with Crippen LogP contribution in [0.15, 0.2) is 30.9 Å². The number of hydrogen-bond acceptors (Lipinski definition) is 1. The average molecular weight is 233 g/mol. The molecule has 0 saturated carbocycles. The number of halogens is 1. The van der Waals surface area contributed by atoms with Gasteiger partial charge in [-0.25, -0.2) is 4.39 Å². The largest absolute Gasteiger partial charge is 0.338 e. The Morgan fingerprint density at radius 3 is 3.00 bits per heavy atom. The summed E-state index contributed by atoms with van der Waals surface area (Å²) < 4.78 is 13.1. The lowest BCUT2D eigenvalue weighted by molar-refractivity contribution is -0.128. The van der Waals surface area contributed by atoms with Crippen molar-refractivity contribution in [3.8, 4) is 0 Å². The SMILES string of the molecule is C=CC1CC(=O)N(Cc2cc(F)ccc2C)C1. The van der Waals surface area contributed by atoms with Crippen LogP contribution in [0.2, 0.25) is 0 Å². The lowest BCUT2D eigenvalue weighted by atomic mass is 10.1. The standard InChI is InChI=1S/C14H16FNO/c1-3-11-6-14(17)16(8-11)9-12-7-13(15)5-4-10(12)2/h3-5,7,11H,1,6,8-9H2,2H3. The molecule has 0 N–H and O–H groups in total. The summed E-state index contributed by atoms with van der Waals surface area (Å²) in [5, 5.41) is 0. The topological polar surface area (TPSA) is 20.3 Å². The Balaban J connectivity index is 2.13. The number of aryl methyl sites for hydroxylation is 1. The van der Waals surface area contributed by atoms with Crippen molar-refractivity contribution in [1.82, 2.24) is 4.90 Å². The molecule has 0 spiro atoms. The van der Waals surface area contributed by atoms with Gasteiger partial charge < -0.3 is 4.90 Å². The van der Waals surface area contributed by atoms with Crippen LogP contribution in [0, 0.1) is 18.7 Å². The van der Waals surface area contributed by atoms with Gasteiger partial charge in [-0.1, -0.05) is 12.1 Å². The van der Waals surface area contributed by atoms with Crippen LogP contribution < -0.4 is 0 Å². The second-order valence-electron chi connectivity index (χ2n) is 4.54. The van der Waals surface area contributed by atoms with E-state index in [4.69, 9.17) is 0 Å². The van der Waals surface area contributed by atoms with E-state index < -0.39 is 0 Å². The van der Waals surface area contributed by atoms with Gasteiger partial charge in [0.2, 0.25) is 5.91 Å². The quantitative estimate of drug-likeness (QED) is 0.735. The second-order valence-corrected chi connectivity index (χ2v) is 4.54. The Morgan fingerprint density at radius 2 is 2.35 bits per heavy atom. The number of amides is 1. The van der Waals surface area contributed by atoms with Crippen molar-refractivity contribution in [2.45, 2.75) is 19.9 Å². The van der Waals surface area contributed by atoms with E-state index in [0.717, 1.165) is 11.1 Å². The fraction of sp³-hybridized carbons (Fsp3) is 0.357. The molecule has 1 aliphatic heterocycles. The number of carbonyl (C=O) groups excluding carboxylic acids is 1. The zero-order valence-corrected chi connectivity index (χ0v) is 9.95. The van der Waals surface area contributed by atoms with E-state index in [-0.39, 0.29) is 17.6 Å². The highest BCUT2D eigenvalue weighted by Crippen LogP contribution is 2.22. The van der Waals surface area contributed by atoms with Gasteiger partial charge in [0.15, 0.2) is 0 Å². The summed E-state index contributed by atoms with van der Waals surface area (Å²) in [6.07, 6.45) is 2.34. The molecule has 1 aromatic rings. The van der Waals surface area contributed by atoms with Crippen molar-refractivity contribution in [1.29, 1.82) is 0 Å². The predicted molar refractivity (Wildman–Crippen MR) is 64.9 cm³/mol. The zero-order valence-electron chi connectivity index (χ0n) is 9.95. The van der Waals surface area contributed by atoms with Crippen LogP contribution in [0.4, 0.5) is 4.39 Å². The molecule has 1 aliphatic rings. The molecule has 1 fully saturated rings. The first-order valence-corrected chi connectivity index (χ1v) is 5.75. The third-order valence-electron chi connectivity index (χ3n) is 3.25. The molecule has 0 bridgehead atoms. The second kappa shape index (κ2) is 4.70. The normalized spacial score (nSPS) is 19.8. The fourth-order valence-corrected chi connectivity index (χ4v) is 2.13. The molecular weight excluding hydrogens is 217 g/mol. The summed E-state index contributed by atoms with van der Waals surface area (Å²) in [5.74, 6) is 0.104. The molecule has 0 radical (unpaired) electrons. The minimum Gasteiger partial charge on any atom is -0.338 e. The summed E-state index contributed by atoms with van der Waals surface area (Å²) in [4.78, 5) is 13.5. The van der Waals surface area contributed by atoms with Gasteiger partial charge in [-0.2, -0.15) is 0 Å². The molecular formula is C14H16FNO. The molecule has 1 amide bonds. The van der Waals surface area contributed by atoms with Crippen molar-refractivity contribution in [3.05, 3.63) is 47.8 Å². The van der Waals surface area contributed by atoms with Crippen molar-refractivity contribution in [3.63, 3.8) is 0 Å². The molecule has 1 unspecified atom stereocenters. The van der Waals surface area contributed by atoms with Gasteiger partial charge in [0.25, 0.3) is 0 Å². The molecule has 17 heavy (non-hydrogen) atoms. The molecule has 2 nitrogen and oxygen atoms in total. The zero-order chi connectivity index (χ0) is 12.4. The lowest BCUT2D eigenvalue weighted by Crippen LogP contribution is -2.24. The number of carbonyl (C=O) groups is 1. The number of nitrogens with zero attached hydrogens (tertiary/aromatic N) is 1. The van der Waals surface area contributed by atoms with Crippen LogP contribution in [0.1, 0.15) is 17.5 Å². The van der Waals surface area contributed by atoms with Gasteiger partial charge >= 0.3 is 0 Å². The molecule has 0 aromatic heterocycles. The molecule has 3 heteroatoms. The summed E-state index contributed by atoms with van der Waals surface area (Å²) in [6.45, 7) is 6.83. The number of hydrogen-bond donors (Lipinski definition) is 0. The predicted octanol–water partition coefficient (Wildman–Crippen LogP) is 2.67. The van der Waals surface area contributed by atoms with E-state index in [1.165, 1.54) is 12.1 Å². The van der Waals surface area contributed by atoms with Crippen LogP contribution in [0.5, 0.6) is 0 Å². The maximum atomic E-state index is 13.1. The van der Waals surface area contributed by atoms with E-state index in [1.54, 1.807) is 11.0 Å². The van der Waals surface area contributed by atoms with Crippen molar-refractivity contribution in [2.24, 2.45) is 5.92 Å². The van der Waals surface area contributed by atoms with E-state index in [9.17, 15) is 9.18 Å². The molecule has 1 aromatic carbocycles. The van der Waals surface area contributed by atoms with Crippen LogP contribution in [0.3, 0.4) is 0 Å². The third-order valence-corrected chi connectivity index (χ3v) is 3.25. The molecule has 1 heterocycles. The Labute approximate surface area is 101 Å². The van der Waals surface area contributed by atoms with Crippen LogP contribution in [-0.4, -0.2) is 17.4 Å². The first kappa shape index (κ1) is 11.8. The smallest absolute Gasteiger partial charge is 0.223 e. The highest BCUT2D eigenvalue weighted by Gasteiger charge is 2.27. The lowest BCUT2D eigenvalue weighted by Gasteiger charge is -2.17. The Morgan fingerprint density at radius 1 is 1.59 bits per heavy atom. The maximum absolute atomic E-state index is 13.1. The summed E-state index contributed by atoms with van der Waals surface area (Å²) in [6, 6.07) is 4.69. The van der Waals surface area contributed by atoms with Gasteiger partial charge in [0.05, 0.1) is 0 Å². The van der Waals surface area contributed by atoms with Gasteiger partial charge in [-0.15, -0.1) is 6.58 Å². The molecule has 2 rings (SSSR count).